The van der Waals surface area contributed by atoms with Crippen molar-refractivity contribution in [3.63, 3.8) is 0 Å². The van der Waals surface area contributed by atoms with E-state index in [1.165, 1.54) is 13.0 Å². The molecular formula is C10H9F4NO5S. The molecule has 0 aliphatic carbocycles. The van der Waals surface area contributed by atoms with Crippen LogP contribution in [0.5, 0.6) is 0 Å². The van der Waals surface area contributed by atoms with Gasteiger partial charge < -0.3 is 0 Å². The lowest BCUT2D eigenvalue weighted by atomic mass is 10.2. The lowest BCUT2D eigenvalue weighted by molar-refractivity contribution is -0.388. The van der Waals surface area contributed by atoms with Crippen molar-refractivity contribution >= 4 is 15.8 Å². The van der Waals surface area contributed by atoms with Gasteiger partial charge in [-0.2, -0.15) is 17.2 Å². The summed E-state index contributed by atoms with van der Waals surface area (Å²) in [5, 5.41) is 10.7. The molecule has 0 aliphatic heterocycles. The maximum atomic E-state index is 12.6. The van der Waals surface area contributed by atoms with E-state index in [2.05, 4.69) is 4.18 Å². The smallest absolute Gasteiger partial charge is 0.260 e. The average molecular weight is 331 g/mol. The molecule has 0 aliphatic rings. The number of halogens is 4. The number of aryl methyl sites for hydroxylation is 1. The van der Waals surface area contributed by atoms with Crippen molar-refractivity contribution in [3.8, 4) is 0 Å². The Morgan fingerprint density at radius 3 is 2.43 bits per heavy atom. The Kier molecular flexibility index (Phi) is 4.89. The molecule has 118 valence electrons. The summed E-state index contributed by atoms with van der Waals surface area (Å²) < 4.78 is 76.2. The molecule has 1 aromatic carbocycles. The highest BCUT2D eigenvalue weighted by Gasteiger charge is 2.43. The molecule has 0 aromatic heterocycles. The number of nitro groups is 1. The van der Waals surface area contributed by atoms with E-state index in [-0.39, 0.29) is 0 Å². The predicted molar refractivity (Wildman–Crippen MR) is 61.9 cm³/mol. The van der Waals surface area contributed by atoms with Crippen molar-refractivity contribution in [1.29, 1.82) is 0 Å². The summed E-state index contributed by atoms with van der Waals surface area (Å²) in [5.74, 6) is -4.69. The van der Waals surface area contributed by atoms with Gasteiger partial charge in [0.25, 0.3) is 5.69 Å². The number of alkyl halides is 4. The molecule has 0 atom stereocenters. The van der Waals surface area contributed by atoms with Gasteiger partial charge in [0.2, 0.25) is 0 Å². The Labute approximate surface area is 116 Å². The molecular weight excluding hydrogens is 322 g/mol. The summed E-state index contributed by atoms with van der Waals surface area (Å²) >= 11 is 0. The summed E-state index contributed by atoms with van der Waals surface area (Å²) in [6.45, 7) is -0.673. The summed E-state index contributed by atoms with van der Waals surface area (Å²) in [5.41, 5.74) is -0.547. The minimum absolute atomic E-state index is 0.346. The van der Waals surface area contributed by atoms with Gasteiger partial charge in [0.05, 0.1) is 4.92 Å². The van der Waals surface area contributed by atoms with Crippen LogP contribution in [-0.2, 0) is 14.3 Å². The Bertz CT molecular complexity index is 647. The van der Waals surface area contributed by atoms with E-state index >= 15 is 0 Å². The number of hydrogen-bond acceptors (Lipinski definition) is 5. The Morgan fingerprint density at radius 2 is 1.95 bits per heavy atom. The van der Waals surface area contributed by atoms with Gasteiger partial charge in [-0.15, -0.1) is 0 Å². The molecule has 1 aromatic rings. The zero-order chi connectivity index (χ0) is 16.4. The summed E-state index contributed by atoms with van der Waals surface area (Å²) in [4.78, 5) is 8.72. The molecule has 0 fully saturated rings. The van der Waals surface area contributed by atoms with E-state index in [1.807, 2.05) is 0 Å². The van der Waals surface area contributed by atoms with E-state index in [4.69, 9.17) is 0 Å². The van der Waals surface area contributed by atoms with Gasteiger partial charge in [0, 0.05) is 6.07 Å². The second-order valence-corrected chi connectivity index (χ2v) is 5.59. The van der Waals surface area contributed by atoms with Crippen molar-refractivity contribution in [2.75, 3.05) is 6.61 Å². The predicted octanol–water partition coefficient (Wildman–Crippen LogP) is 2.51. The lowest BCUT2D eigenvalue weighted by Gasteiger charge is -2.15. The highest BCUT2D eigenvalue weighted by Crippen LogP contribution is 2.29. The second kappa shape index (κ2) is 5.93. The van der Waals surface area contributed by atoms with Crippen LogP contribution in [0.15, 0.2) is 23.1 Å². The Morgan fingerprint density at radius 1 is 1.38 bits per heavy atom. The topological polar surface area (TPSA) is 86.5 Å². The van der Waals surface area contributed by atoms with Gasteiger partial charge >= 0.3 is 22.5 Å². The van der Waals surface area contributed by atoms with Crippen LogP contribution in [0.25, 0.3) is 0 Å². The highest BCUT2D eigenvalue weighted by molar-refractivity contribution is 7.87. The lowest BCUT2D eigenvalue weighted by Crippen LogP contribution is -2.33. The molecule has 11 heteroatoms. The SMILES string of the molecule is Cc1ccc(S(=O)(=O)OCC(F)(F)C(F)F)c([N+](=O)[O-])c1. The molecule has 0 bridgehead atoms. The molecule has 0 saturated heterocycles. The van der Waals surface area contributed by atoms with Gasteiger partial charge in [-0.3, -0.25) is 14.3 Å². The van der Waals surface area contributed by atoms with Crippen molar-refractivity contribution in [1.82, 2.24) is 0 Å². The van der Waals surface area contributed by atoms with Crippen molar-refractivity contribution in [2.24, 2.45) is 0 Å². The number of hydrogen-bond donors (Lipinski definition) is 0. The van der Waals surface area contributed by atoms with Crippen LogP contribution in [0.4, 0.5) is 23.2 Å². The third-order valence-corrected chi connectivity index (χ3v) is 3.62. The van der Waals surface area contributed by atoms with Crippen LogP contribution >= 0.6 is 0 Å². The van der Waals surface area contributed by atoms with E-state index in [9.17, 15) is 36.1 Å². The first kappa shape index (κ1) is 17.3. The first-order chi connectivity index (χ1) is 9.47. The van der Waals surface area contributed by atoms with Crippen molar-refractivity contribution in [2.45, 2.75) is 24.2 Å². The van der Waals surface area contributed by atoms with Crippen LogP contribution < -0.4 is 0 Å². The molecule has 1 rings (SSSR count). The van der Waals surface area contributed by atoms with Crippen LogP contribution in [0.1, 0.15) is 5.56 Å². The number of rotatable bonds is 6. The maximum absolute atomic E-state index is 12.6. The molecule has 0 unspecified atom stereocenters. The van der Waals surface area contributed by atoms with Crippen LogP contribution in [0.3, 0.4) is 0 Å². The standard InChI is InChI=1S/C10H9F4NO5S/c1-6-2-3-8(7(4-6)15(16)17)21(18,19)20-5-10(13,14)9(11)12/h2-4,9H,5H2,1H3. The third-order valence-electron chi connectivity index (χ3n) is 2.31. The van der Waals surface area contributed by atoms with Crippen LogP contribution in [0, 0.1) is 17.0 Å². The second-order valence-electron chi connectivity index (χ2n) is 4.01. The minimum atomic E-state index is -4.97. The quantitative estimate of drug-likeness (QED) is 0.346. The Balaban J connectivity index is 3.12. The summed E-state index contributed by atoms with van der Waals surface area (Å²) in [6.07, 6.45) is -4.12. The van der Waals surface area contributed by atoms with Gasteiger partial charge in [0.15, 0.2) is 4.90 Å². The van der Waals surface area contributed by atoms with Gasteiger partial charge in [0.1, 0.15) is 6.61 Å². The largest absolute Gasteiger partial charge is 0.331 e. The fourth-order valence-electron chi connectivity index (χ4n) is 1.26. The monoisotopic (exact) mass is 331 g/mol. The molecule has 0 spiro atoms. The number of nitrogens with zero attached hydrogens (tertiary/aromatic N) is 1. The highest BCUT2D eigenvalue weighted by atomic mass is 32.2. The first-order valence-corrected chi connectivity index (χ1v) is 6.68. The molecule has 0 amide bonds. The maximum Gasteiger partial charge on any atom is 0.331 e. The molecule has 0 radical (unpaired) electrons. The molecule has 0 N–H and O–H groups in total. The zero-order valence-electron chi connectivity index (χ0n) is 10.4. The first-order valence-electron chi connectivity index (χ1n) is 5.28. The van der Waals surface area contributed by atoms with Gasteiger partial charge in [-0.25, -0.2) is 8.78 Å². The van der Waals surface area contributed by atoms with E-state index in [0.29, 0.717) is 5.56 Å². The molecule has 0 heterocycles. The van der Waals surface area contributed by atoms with E-state index < -0.39 is 44.6 Å². The minimum Gasteiger partial charge on any atom is -0.260 e. The summed E-state index contributed by atoms with van der Waals surface area (Å²) in [6, 6.07) is 2.85. The fraction of sp³-hybridized carbons (Fsp3) is 0.400. The third kappa shape index (κ3) is 4.11. The van der Waals surface area contributed by atoms with Crippen molar-refractivity contribution < 1.29 is 35.1 Å². The number of benzene rings is 1. The normalized spacial score (nSPS) is 12.7. The van der Waals surface area contributed by atoms with E-state index in [0.717, 1.165) is 12.1 Å². The van der Waals surface area contributed by atoms with Gasteiger partial charge in [-0.1, -0.05) is 6.07 Å². The molecule has 0 saturated carbocycles. The van der Waals surface area contributed by atoms with E-state index in [1.54, 1.807) is 0 Å². The fourth-order valence-corrected chi connectivity index (χ4v) is 2.33. The molecule has 21 heavy (non-hydrogen) atoms. The van der Waals surface area contributed by atoms with Crippen molar-refractivity contribution in [3.05, 3.63) is 33.9 Å². The average Bonchev–Trinajstić information content (AvgIpc) is 2.36. The van der Waals surface area contributed by atoms with Crippen LogP contribution in [0.2, 0.25) is 0 Å². The number of nitro benzene ring substituents is 1. The Hall–Kier alpha value is -1.75. The summed E-state index contributed by atoms with van der Waals surface area (Å²) in [7, 11) is -4.97. The molecule has 6 nitrogen and oxygen atoms in total. The van der Waals surface area contributed by atoms with Gasteiger partial charge in [-0.05, 0) is 18.6 Å². The zero-order valence-corrected chi connectivity index (χ0v) is 11.2. The van der Waals surface area contributed by atoms with Crippen LogP contribution in [-0.4, -0.2) is 32.3 Å².